The van der Waals surface area contributed by atoms with E-state index in [9.17, 15) is 0 Å². The second-order valence-corrected chi connectivity index (χ2v) is 4.21. The summed E-state index contributed by atoms with van der Waals surface area (Å²) in [7, 11) is 0. The minimum atomic E-state index is -0.343. The summed E-state index contributed by atoms with van der Waals surface area (Å²) in [5, 5.41) is 12.4. The molecule has 0 amide bonds. The Morgan fingerprint density at radius 2 is 2.07 bits per heavy atom. The fraction of sp³-hybridized carbons (Fsp3) is 1.00. The number of nitrogens with one attached hydrogen (secondary N) is 1. The highest BCUT2D eigenvalue weighted by Gasteiger charge is 2.11. The topological polar surface area (TPSA) is 41.5 Å². The van der Waals surface area contributed by atoms with Gasteiger partial charge in [-0.25, -0.2) is 0 Å². The highest BCUT2D eigenvalue weighted by atomic mass is 16.5. The maximum absolute atomic E-state index is 8.96. The first-order valence-corrected chi connectivity index (χ1v) is 5.78. The van der Waals surface area contributed by atoms with Gasteiger partial charge in [0.25, 0.3) is 0 Å². The summed E-state index contributed by atoms with van der Waals surface area (Å²) in [5.74, 6) is 0. The molecule has 0 spiro atoms. The van der Waals surface area contributed by atoms with Gasteiger partial charge in [-0.05, 0) is 19.8 Å². The number of hydrogen-bond acceptors (Lipinski definition) is 3. The van der Waals surface area contributed by atoms with Crippen molar-refractivity contribution in [2.24, 2.45) is 0 Å². The Morgan fingerprint density at radius 3 is 2.71 bits per heavy atom. The summed E-state index contributed by atoms with van der Waals surface area (Å²) >= 11 is 0. The van der Waals surface area contributed by atoms with Crippen molar-refractivity contribution in [3.05, 3.63) is 0 Å². The van der Waals surface area contributed by atoms with Crippen LogP contribution in [-0.2, 0) is 4.74 Å². The Kier molecular flexibility index (Phi) is 6.15. The third-order valence-electron chi connectivity index (χ3n) is 2.64. The van der Waals surface area contributed by atoms with Gasteiger partial charge in [-0.15, -0.1) is 0 Å². The molecule has 3 heteroatoms. The number of hydrogen-bond donors (Lipinski definition) is 2. The van der Waals surface area contributed by atoms with Gasteiger partial charge in [-0.1, -0.05) is 19.3 Å². The third kappa shape index (κ3) is 5.58. The van der Waals surface area contributed by atoms with Crippen molar-refractivity contribution in [1.82, 2.24) is 5.32 Å². The van der Waals surface area contributed by atoms with Gasteiger partial charge in [-0.2, -0.15) is 0 Å². The van der Waals surface area contributed by atoms with Crippen molar-refractivity contribution in [2.45, 2.75) is 51.2 Å². The number of rotatable bonds is 6. The molecule has 0 radical (unpaired) electrons. The maximum atomic E-state index is 8.96. The fourth-order valence-electron chi connectivity index (χ4n) is 1.90. The lowest BCUT2D eigenvalue weighted by Gasteiger charge is -2.22. The zero-order valence-corrected chi connectivity index (χ0v) is 9.17. The molecule has 1 fully saturated rings. The van der Waals surface area contributed by atoms with Gasteiger partial charge in [0.1, 0.15) is 0 Å². The SMILES string of the molecule is CC(O)COCCNC1CCCCC1. The van der Waals surface area contributed by atoms with Crippen LogP contribution in [0.5, 0.6) is 0 Å². The lowest BCUT2D eigenvalue weighted by molar-refractivity contribution is 0.0465. The molecule has 14 heavy (non-hydrogen) atoms. The van der Waals surface area contributed by atoms with Gasteiger partial charge >= 0.3 is 0 Å². The lowest BCUT2D eigenvalue weighted by Crippen LogP contribution is -2.33. The summed E-state index contributed by atoms with van der Waals surface area (Å²) in [6, 6.07) is 0.707. The van der Waals surface area contributed by atoms with Crippen molar-refractivity contribution in [3.63, 3.8) is 0 Å². The van der Waals surface area contributed by atoms with Crippen LogP contribution in [0.25, 0.3) is 0 Å². The zero-order chi connectivity index (χ0) is 10.2. The highest BCUT2D eigenvalue weighted by Crippen LogP contribution is 2.16. The van der Waals surface area contributed by atoms with Crippen molar-refractivity contribution in [2.75, 3.05) is 19.8 Å². The van der Waals surface area contributed by atoms with Crippen LogP contribution in [0.2, 0.25) is 0 Å². The normalized spacial score (nSPS) is 21.0. The van der Waals surface area contributed by atoms with Crippen LogP contribution in [0, 0.1) is 0 Å². The van der Waals surface area contributed by atoms with Crippen LogP contribution in [0.3, 0.4) is 0 Å². The van der Waals surface area contributed by atoms with E-state index in [2.05, 4.69) is 5.32 Å². The van der Waals surface area contributed by atoms with E-state index >= 15 is 0 Å². The summed E-state index contributed by atoms with van der Waals surface area (Å²) in [4.78, 5) is 0. The molecule has 0 bridgehead atoms. The minimum Gasteiger partial charge on any atom is -0.391 e. The van der Waals surface area contributed by atoms with E-state index < -0.39 is 0 Å². The van der Waals surface area contributed by atoms with Crippen LogP contribution in [0.1, 0.15) is 39.0 Å². The molecule has 0 aromatic carbocycles. The number of ether oxygens (including phenoxy) is 1. The van der Waals surface area contributed by atoms with E-state index in [4.69, 9.17) is 9.84 Å². The van der Waals surface area contributed by atoms with Crippen molar-refractivity contribution in [1.29, 1.82) is 0 Å². The smallest absolute Gasteiger partial charge is 0.0745 e. The Bertz CT molecular complexity index is 133. The van der Waals surface area contributed by atoms with Gasteiger partial charge in [0.05, 0.1) is 19.3 Å². The summed E-state index contributed by atoms with van der Waals surface area (Å²) in [6.45, 7) is 3.82. The molecule has 3 nitrogen and oxygen atoms in total. The van der Waals surface area contributed by atoms with E-state index in [-0.39, 0.29) is 6.10 Å². The monoisotopic (exact) mass is 201 g/mol. The van der Waals surface area contributed by atoms with Gasteiger partial charge in [-0.3, -0.25) is 0 Å². The molecule has 1 aliphatic carbocycles. The second kappa shape index (κ2) is 7.21. The predicted molar refractivity (Wildman–Crippen MR) is 57.4 cm³/mol. The Balaban J connectivity index is 1.87. The number of aliphatic hydroxyl groups excluding tert-OH is 1. The lowest BCUT2D eigenvalue weighted by atomic mass is 9.96. The van der Waals surface area contributed by atoms with Gasteiger partial charge < -0.3 is 15.2 Å². The van der Waals surface area contributed by atoms with Crippen LogP contribution in [-0.4, -0.2) is 37.0 Å². The molecule has 1 atom stereocenters. The quantitative estimate of drug-likeness (QED) is 0.637. The number of aliphatic hydroxyl groups is 1. The molecule has 1 aliphatic rings. The van der Waals surface area contributed by atoms with E-state index in [1.165, 1.54) is 32.1 Å². The predicted octanol–water partition coefficient (Wildman–Crippen LogP) is 1.31. The largest absolute Gasteiger partial charge is 0.391 e. The van der Waals surface area contributed by atoms with Crippen LogP contribution < -0.4 is 5.32 Å². The summed E-state index contributed by atoms with van der Waals surface area (Å²) < 4.78 is 5.27. The molecular weight excluding hydrogens is 178 g/mol. The van der Waals surface area contributed by atoms with E-state index in [0.717, 1.165) is 6.54 Å². The first-order chi connectivity index (χ1) is 6.79. The van der Waals surface area contributed by atoms with Crippen molar-refractivity contribution >= 4 is 0 Å². The molecule has 84 valence electrons. The van der Waals surface area contributed by atoms with Gasteiger partial charge in [0.2, 0.25) is 0 Å². The van der Waals surface area contributed by atoms with Crippen molar-refractivity contribution in [3.8, 4) is 0 Å². The molecular formula is C11H23NO2. The minimum absolute atomic E-state index is 0.343. The van der Waals surface area contributed by atoms with Crippen LogP contribution >= 0.6 is 0 Å². The fourth-order valence-corrected chi connectivity index (χ4v) is 1.90. The molecule has 0 aromatic rings. The first-order valence-electron chi connectivity index (χ1n) is 5.78. The molecule has 1 saturated carbocycles. The average Bonchev–Trinajstić information content (AvgIpc) is 2.18. The van der Waals surface area contributed by atoms with Gasteiger partial charge in [0, 0.05) is 12.6 Å². The first kappa shape index (κ1) is 12.0. The van der Waals surface area contributed by atoms with Crippen LogP contribution in [0.4, 0.5) is 0 Å². The Labute approximate surface area is 86.8 Å². The van der Waals surface area contributed by atoms with Crippen LogP contribution in [0.15, 0.2) is 0 Å². The third-order valence-corrected chi connectivity index (χ3v) is 2.64. The highest BCUT2D eigenvalue weighted by molar-refractivity contribution is 4.71. The second-order valence-electron chi connectivity index (χ2n) is 4.21. The summed E-state index contributed by atoms with van der Waals surface area (Å²) in [5.41, 5.74) is 0. The van der Waals surface area contributed by atoms with E-state index in [1.54, 1.807) is 6.92 Å². The van der Waals surface area contributed by atoms with Gasteiger partial charge in [0.15, 0.2) is 0 Å². The molecule has 1 unspecified atom stereocenters. The molecule has 1 rings (SSSR count). The van der Waals surface area contributed by atoms with Crippen molar-refractivity contribution < 1.29 is 9.84 Å². The molecule has 0 aliphatic heterocycles. The standard InChI is InChI=1S/C11H23NO2/c1-10(13)9-14-8-7-12-11-5-3-2-4-6-11/h10-13H,2-9H2,1H3. The zero-order valence-electron chi connectivity index (χ0n) is 9.17. The molecule has 0 saturated heterocycles. The van der Waals surface area contributed by atoms with E-state index in [0.29, 0.717) is 19.3 Å². The molecule has 0 heterocycles. The molecule has 0 aromatic heterocycles. The van der Waals surface area contributed by atoms with E-state index in [1.807, 2.05) is 0 Å². The average molecular weight is 201 g/mol. The maximum Gasteiger partial charge on any atom is 0.0745 e. The summed E-state index contributed by atoms with van der Waals surface area (Å²) in [6.07, 6.45) is 6.42. The Hall–Kier alpha value is -0.120. The molecule has 2 N–H and O–H groups in total. The Morgan fingerprint density at radius 1 is 1.36 bits per heavy atom.